The van der Waals surface area contributed by atoms with E-state index in [1.807, 2.05) is 47.1 Å². The molecule has 2 unspecified atom stereocenters. The molecule has 14 nitrogen and oxygen atoms in total. The van der Waals surface area contributed by atoms with E-state index in [1.54, 1.807) is 24.3 Å². The number of halogens is 1. The number of likely N-dealkylation sites (tertiary alicyclic amines) is 1. The Bertz CT molecular complexity index is 2460. The zero-order chi connectivity index (χ0) is 39.5. The van der Waals surface area contributed by atoms with E-state index < -0.39 is 23.8 Å². The fourth-order valence-corrected chi connectivity index (χ4v) is 9.44. The Labute approximate surface area is 334 Å². The summed E-state index contributed by atoms with van der Waals surface area (Å²) in [5, 5.41) is 7.29. The normalized spacial score (nSPS) is 21.9. The highest BCUT2D eigenvalue weighted by Gasteiger charge is 2.46. The van der Waals surface area contributed by atoms with Gasteiger partial charge in [0.2, 0.25) is 11.8 Å². The molecule has 4 amide bonds. The Kier molecular flexibility index (Phi) is 9.20. The van der Waals surface area contributed by atoms with Crippen LogP contribution in [0.4, 0.5) is 16.0 Å². The lowest BCUT2D eigenvalue weighted by molar-refractivity contribution is -0.136. The number of pyridine rings is 1. The third kappa shape index (κ3) is 6.57. The molecule has 0 bridgehead atoms. The van der Waals surface area contributed by atoms with Gasteiger partial charge in [0.1, 0.15) is 29.2 Å². The second kappa shape index (κ2) is 14.7. The van der Waals surface area contributed by atoms with Gasteiger partial charge in [0.05, 0.1) is 29.1 Å². The molecule has 3 aromatic heterocycles. The lowest BCUT2D eigenvalue weighted by Gasteiger charge is -2.44. The molecule has 2 aromatic carbocycles. The first-order valence-electron chi connectivity index (χ1n) is 20.1. The maximum Gasteiger partial charge on any atom is 0.262 e. The number of hydrogen-bond donors (Lipinski definition) is 1. The van der Waals surface area contributed by atoms with Crippen LogP contribution in [0.25, 0.3) is 17.0 Å². The van der Waals surface area contributed by atoms with Gasteiger partial charge in [0.15, 0.2) is 5.65 Å². The lowest BCUT2D eigenvalue weighted by atomic mass is 9.96. The van der Waals surface area contributed by atoms with E-state index in [9.17, 15) is 23.6 Å². The number of aromatic nitrogens is 4. The smallest absolute Gasteiger partial charge is 0.262 e. The highest BCUT2D eigenvalue weighted by atomic mass is 19.1. The molecule has 58 heavy (non-hydrogen) atoms. The average Bonchev–Trinajstić information content (AvgIpc) is 3.94. The van der Waals surface area contributed by atoms with Gasteiger partial charge in [0.25, 0.3) is 11.8 Å². The number of anilines is 2. The highest BCUT2D eigenvalue weighted by Crippen LogP contribution is 2.36. The van der Waals surface area contributed by atoms with Crippen molar-refractivity contribution in [1.82, 2.24) is 39.6 Å². The minimum atomic E-state index is -0.973. The molecule has 4 fully saturated rings. The number of nitrogens with zero attached hydrogens (tertiary/aromatic N) is 9. The fourth-order valence-electron chi connectivity index (χ4n) is 9.44. The Morgan fingerprint density at radius 1 is 0.793 bits per heavy atom. The number of amides is 4. The quantitative estimate of drug-likeness (QED) is 0.218. The van der Waals surface area contributed by atoms with Crippen molar-refractivity contribution >= 4 is 40.9 Å². The number of imide groups is 2. The predicted octanol–water partition coefficient (Wildman–Crippen LogP) is 3.93. The summed E-state index contributed by atoms with van der Waals surface area (Å²) in [4.78, 5) is 71.1. The third-order valence-electron chi connectivity index (χ3n) is 12.3. The van der Waals surface area contributed by atoms with Crippen molar-refractivity contribution < 1.29 is 23.6 Å². The van der Waals surface area contributed by atoms with Crippen molar-refractivity contribution in [3.8, 4) is 11.4 Å². The Morgan fingerprint density at radius 3 is 2.45 bits per heavy atom. The summed E-state index contributed by atoms with van der Waals surface area (Å²) in [5.41, 5.74) is 4.79. The first kappa shape index (κ1) is 36.3. The van der Waals surface area contributed by atoms with Crippen molar-refractivity contribution in [3.63, 3.8) is 0 Å². The van der Waals surface area contributed by atoms with Gasteiger partial charge in [-0.1, -0.05) is 30.3 Å². The molecule has 15 heteroatoms. The van der Waals surface area contributed by atoms with Crippen LogP contribution in [0.3, 0.4) is 0 Å². The van der Waals surface area contributed by atoms with Gasteiger partial charge in [-0.25, -0.2) is 18.9 Å². The van der Waals surface area contributed by atoms with Gasteiger partial charge < -0.3 is 9.80 Å². The molecule has 5 aliphatic heterocycles. The van der Waals surface area contributed by atoms with Crippen LogP contribution in [0.2, 0.25) is 0 Å². The number of piperazine rings is 1. The molecule has 1 N–H and O–H groups in total. The van der Waals surface area contributed by atoms with E-state index in [-0.39, 0.29) is 30.6 Å². The van der Waals surface area contributed by atoms with Gasteiger partial charge >= 0.3 is 0 Å². The van der Waals surface area contributed by atoms with Crippen LogP contribution in [-0.4, -0.2) is 116 Å². The van der Waals surface area contributed by atoms with E-state index in [1.165, 1.54) is 6.07 Å². The van der Waals surface area contributed by atoms with Gasteiger partial charge in [-0.2, -0.15) is 0 Å². The van der Waals surface area contributed by atoms with E-state index in [4.69, 9.17) is 10.1 Å². The molecule has 296 valence electrons. The number of fused-ring (bicyclic) bond motifs is 2. The molecule has 0 radical (unpaired) electrons. The maximum atomic E-state index is 14.1. The summed E-state index contributed by atoms with van der Waals surface area (Å²) in [6.45, 7) is 7.72. The highest BCUT2D eigenvalue weighted by molar-refractivity contribution is 6.24. The molecule has 4 saturated heterocycles. The maximum absolute atomic E-state index is 14.1. The summed E-state index contributed by atoms with van der Waals surface area (Å²) in [6.07, 6.45) is 4.00. The van der Waals surface area contributed by atoms with Crippen molar-refractivity contribution in [2.24, 2.45) is 5.92 Å². The third-order valence-corrected chi connectivity index (χ3v) is 12.3. The molecule has 0 spiro atoms. The van der Waals surface area contributed by atoms with Crippen LogP contribution in [0, 0.1) is 11.7 Å². The van der Waals surface area contributed by atoms with Gasteiger partial charge in [0, 0.05) is 65.3 Å². The monoisotopic (exact) mass is 782 g/mol. The van der Waals surface area contributed by atoms with Crippen molar-refractivity contribution in [2.75, 3.05) is 62.2 Å². The Balaban J connectivity index is 0.747. The Hall–Kier alpha value is -6.06. The van der Waals surface area contributed by atoms with E-state index in [2.05, 4.69) is 36.0 Å². The van der Waals surface area contributed by atoms with E-state index in [0.717, 1.165) is 110 Å². The number of benzene rings is 2. The van der Waals surface area contributed by atoms with Crippen LogP contribution < -0.4 is 15.1 Å². The predicted molar refractivity (Wildman–Crippen MR) is 212 cm³/mol. The second-order valence-corrected chi connectivity index (χ2v) is 16.0. The topological polar surface area (TPSA) is 140 Å². The SMILES string of the molecule is O=C1CCC(N2C(=O)c3cccc(CN4CC(CN5CCN(c6cccc(-c7cnc8ccc(N9CCCC9c9cccc(F)c9)nn78)n6)CC5)C4)c3C2=O)C(=O)N1. The number of carbonyl (C=O) groups excluding carboxylic acids is 4. The van der Waals surface area contributed by atoms with Gasteiger partial charge in [-0.15, -0.1) is 5.10 Å². The zero-order valence-electron chi connectivity index (χ0n) is 32.0. The van der Waals surface area contributed by atoms with Crippen LogP contribution in [0.5, 0.6) is 0 Å². The molecule has 0 saturated carbocycles. The fraction of sp³-hybridized carbons (Fsp3) is 0.372. The van der Waals surface area contributed by atoms with Crippen LogP contribution in [0.15, 0.2) is 79.0 Å². The summed E-state index contributed by atoms with van der Waals surface area (Å²) in [6, 6.07) is 21.3. The standard InChI is InChI=1S/C43H43FN10O4/c44-30-7-1-5-28(21-30)33-10-4-16-52(33)38-14-13-36-45-22-35(54(36)48-38)32-9-3-11-37(46-32)51-19-17-49(18-20-51)23-27-24-50(25-27)26-29-6-2-8-31-40(29)43(58)53(42(31)57)34-12-15-39(55)47-41(34)56/h1-3,5-9,11,13-14,21-22,27,33-34H,4,10,12,15-20,23-26H2,(H,47,55,56). The Morgan fingerprint density at radius 2 is 1.62 bits per heavy atom. The van der Waals surface area contributed by atoms with Crippen LogP contribution >= 0.6 is 0 Å². The van der Waals surface area contributed by atoms with E-state index >= 15 is 0 Å². The number of hydrogen-bond acceptors (Lipinski definition) is 11. The molecular weight excluding hydrogens is 740 g/mol. The minimum absolute atomic E-state index is 0.0627. The van der Waals surface area contributed by atoms with Crippen LogP contribution in [0.1, 0.15) is 63.6 Å². The summed E-state index contributed by atoms with van der Waals surface area (Å²) in [5.74, 6) is 0.0942. The van der Waals surface area contributed by atoms with Crippen molar-refractivity contribution in [3.05, 3.63) is 107 Å². The lowest BCUT2D eigenvalue weighted by Crippen LogP contribution is -2.54. The van der Waals surface area contributed by atoms with Gasteiger partial charge in [-0.3, -0.25) is 39.2 Å². The molecule has 0 aliphatic carbocycles. The molecule has 5 aliphatic rings. The summed E-state index contributed by atoms with van der Waals surface area (Å²) in [7, 11) is 0. The van der Waals surface area contributed by atoms with Crippen LogP contribution in [-0.2, 0) is 16.1 Å². The molecular formula is C43H43FN10O4. The largest absolute Gasteiger partial charge is 0.354 e. The van der Waals surface area contributed by atoms with Crippen molar-refractivity contribution in [2.45, 2.75) is 44.3 Å². The summed E-state index contributed by atoms with van der Waals surface area (Å²) >= 11 is 0. The number of imidazole rings is 1. The van der Waals surface area contributed by atoms with Crippen molar-refractivity contribution in [1.29, 1.82) is 0 Å². The number of piperidine rings is 1. The first-order valence-corrected chi connectivity index (χ1v) is 20.1. The number of carbonyl (C=O) groups is 4. The average molecular weight is 783 g/mol. The molecule has 5 aromatic rings. The van der Waals surface area contributed by atoms with E-state index in [0.29, 0.717) is 23.6 Å². The minimum Gasteiger partial charge on any atom is -0.354 e. The second-order valence-electron chi connectivity index (χ2n) is 16.0. The number of rotatable bonds is 9. The summed E-state index contributed by atoms with van der Waals surface area (Å²) < 4.78 is 16.0. The molecule has 2 atom stereocenters. The number of nitrogens with one attached hydrogen (secondary N) is 1. The first-order chi connectivity index (χ1) is 28.3. The zero-order valence-corrected chi connectivity index (χ0v) is 32.0. The molecule has 10 rings (SSSR count). The van der Waals surface area contributed by atoms with Gasteiger partial charge in [-0.05, 0) is 78.8 Å². The molecule has 8 heterocycles.